The van der Waals surface area contributed by atoms with Gasteiger partial charge < -0.3 is 4.55 Å². The van der Waals surface area contributed by atoms with E-state index in [1.54, 1.807) is 0 Å². The summed E-state index contributed by atoms with van der Waals surface area (Å²) in [6, 6.07) is 0. The van der Waals surface area contributed by atoms with Crippen LogP contribution in [0, 0.1) is 0 Å². The molecule has 1 rings (SSSR count). The van der Waals surface area contributed by atoms with E-state index >= 15 is 0 Å². The maximum atomic E-state index is 10.2. The zero-order valence-corrected chi connectivity index (χ0v) is 8.46. The SMILES string of the molecule is Cn1nncc1S(=O)[O-].[Na+]. The molecule has 1 heterocycles. The fourth-order valence-corrected chi connectivity index (χ4v) is 0.817. The van der Waals surface area contributed by atoms with Crippen molar-refractivity contribution < 1.29 is 38.3 Å². The molecule has 0 radical (unpaired) electrons. The van der Waals surface area contributed by atoms with Crippen LogP contribution in [-0.2, 0) is 18.1 Å². The quantitative estimate of drug-likeness (QED) is 0.318. The van der Waals surface area contributed by atoms with Crippen molar-refractivity contribution >= 4 is 11.1 Å². The fourth-order valence-electron chi connectivity index (χ4n) is 0.431. The van der Waals surface area contributed by atoms with Crippen LogP contribution < -0.4 is 29.6 Å². The normalized spacial score (nSPS) is 12.2. The van der Waals surface area contributed by atoms with Gasteiger partial charge in [-0.15, -0.1) is 5.10 Å². The van der Waals surface area contributed by atoms with Gasteiger partial charge in [-0.2, -0.15) is 0 Å². The third-order valence-electron chi connectivity index (χ3n) is 0.844. The second-order valence-electron chi connectivity index (χ2n) is 1.43. The van der Waals surface area contributed by atoms with Gasteiger partial charge in [-0.3, -0.25) is 4.21 Å². The summed E-state index contributed by atoms with van der Waals surface area (Å²) < 4.78 is 21.5. The molecule has 0 spiro atoms. The van der Waals surface area contributed by atoms with Gasteiger partial charge in [-0.1, -0.05) is 5.21 Å². The smallest absolute Gasteiger partial charge is 0.767 e. The van der Waals surface area contributed by atoms with E-state index in [0.29, 0.717) is 0 Å². The van der Waals surface area contributed by atoms with Gasteiger partial charge in [-0.25, -0.2) is 4.68 Å². The predicted octanol–water partition coefficient (Wildman–Crippen LogP) is -3.94. The monoisotopic (exact) mass is 169 g/mol. The first kappa shape index (κ1) is 10.2. The molecule has 0 bridgehead atoms. The number of aromatic nitrogens is 3. The zero-order valence-electron chi connectivity index (χ0n) is 5.64. The second-order valence-corrected chi connectivity index (χ2v) is 2.32. The molecule has 0 amide bonds. The van der Waals surface area contributed by atoms with Crippen molar-refractivity contribution in [1.82, 2.24) is 15.0 Å². The molecule has 0 aliphatic rings. The van der Waals surface area contributed by atoms with E-state index in [4.69, 9.17) is 0 Å². The van der Waals surface area contributed by atoms with Crippen LogP contribution in [0.1, 0.15) is 0 Å². The Morgan fingerprint density at radius 1 is 1.80 bits per heavy atom. The number of hydrogen-bond acceptors (Lipinski definition) is 4. The summed E-state index contributed by atoms with van der Waals surface area (Å²) in [4.78, 5) is 0. The largest absolute Gasteiger partial charge is 1.00 e. The molecular weight excluding hydrogens is 165 g/mol. The van der Waals surface area contributed by atoms with Crippen molar-refractivity contribution in [2.45, 2.75) is 5.03 Å². The Morgan fingerprint density at radius 3 is 2.60 bits per heavy atom. The van der Waals surface area contributed by atoms with Crippen molar-refractivity contribution in [2.24, 2.45) is 7.05 Å². The molecule has 1 unspecified atom stereocenters. The van der Waals surface area contributed by atoms with E-state index in [1.165, 1.54) is 17.9 Å². The minimum atomic E-state index is -2.22. The summed E-state index contributed by atoms with van der Waals surface area (Å²) in [5.41, 5.74) is 0. The van der Waals surface area contributed by atoms with Crippen LogP contribution in [0.25, 0.3) is 0 Å². The summed E-state index contributed by atoms with van der Waals surface area (Å²) in [6.45, 7) is 0. The summed E-state index contributed by atoms with van der Waals surface area (Å²) >= 11 is -2.22. The molecule has 0 saturated heterocycles. The predicted molar refractivity (Wildman–Crippen MR) is 28.2 cm³/mol. The van der Waals surface area contributed by atoms with Crippen LogP contribution in [0.2, 0.25) is 0 Å². The first-order valence-electron chi connectivity index (χ1n) is 2.16. The van der Waals surface area contributed by atoms with E-state index in [-0.39, 0.29) is 34.6 Å². The molecule has 1 atom stereocenters. The average Bonchev–Trinajstić information content (AvgIpc) is 2.13. The standard InChI is InChI=1S/C3H5N3O2S.Na/c1-6-3(9(7)8)2-4-5-6;/h2H,1H3,(H,7,8);/q;+1/p-1. The molecule has 0 aliphatic carbocycles. The third-order valence-corrected chi connectivity index (χ3v) is 1.55. The van der Waals surface area contributed by atoms with Crippen molar-refractivity contribution in [1.29, 1.82) is 0 Å². The van der Waals surface area contributed by atoms with Gasteiger partial charge in [0.15, 0.2) is 0 Å². The summed E-state index contributed by atoms with van der Waals surface area (Å²) in [6.07, 6.45) is 1.18. The average molecular weight is 169 g/mol. The first-order chi connectivity index (χ1) is 4.22. The Morgan fingerprint density at radius 2 is 2.40 bits per heavy atom. The molecule has 10 heavy (non-hydrogen) atoms. The molecule has 5 nitrogen and oxygen atoms in total. The van der Waals surface area contributed by atoms with E-state index in [2.05, 4.69) is 10.3 Å². The summed E-state index contributed by atoms with van der Waals surface area (Å²) in [5.74, 6) is 0. The first-order valence-corrected chi connectivity index (χ1v) is 3.23. The number of rotatable bonds is 1. The molecular formula is C3H4N3NaO2S. The summed E-state index contributed by atoms with van der Waals surface area (Å²) in [7, 11) is 1.51. The van der Waals surface area contributed by atoms with E-state index in [0.717, 1.165) is 0 Å². The van der Waals surface area contributed by atoms with Crippen molar-refractivity contribution in [2.75, 3.05) is 0 Å². The maximum absolute atomic E-state index is 10.2. The minimum Gasteiger partial charge on any atom is -0.767 e. The van der Waals surface area contributed by atoms with Crippen molar-refractivity contribution in [3.05, 3.63) is 6.20 Å². The van der Waals surface area contributed by atoms with Gasteiger partial charge in [0.2, 0.25) is 0 Å². The molecule has 0 aromatic carbocycles. The van der Waals surface area contributed by atoms with Crippen LogP contribution in [0.15, 0.2) is 11.2 Å². The molecule has 1 aromatic rings. The third kappa shape index (κ3) is 2.14. The van der Waals surface area contributed by atoms with Crippen molar-refractivity contribution in [3.8, 4) is 0 Å². The van der Waals surface area contributed by atoms with Gasteiger partial charge in [0.25, 0.3) is 0 Å². The van der Waals surface area contributed by atoms with E-state index in [9.17, 15) is 8.76 Å². The fraction of sp³-hybridized carbons (Fsp3) is 0.333. The van der Waals surface area contributed by atoms with Crippen LogP contribution in [-0.4, -0.2) is 23.8 Å². The van der Waals surface area contributed by atoms with Crippen LogP contribution in [0.4, 0.5) is 0 Å². The molecule has 7 heteroatoms. The Labute approximate surface area is 82.4 Å². The van der Waals surface area contributed by atoms with Gasteiger partial charge in [0.1, 0.15) is 5.03 Å². The minimum absolute atomic E-state index is 0. The Balaban J connectivity index is 0.000000810. The van der Waals surface area contributed by atoms with Crippen molar-refractivity contribution in [3.63, 3.8) is 0 Å². The van der Waals surface area contributed by atoms with E-state index in [1.807, 2.05) is 0 Å². The molecule has 0 fully saturated rings. The van der Waals surface area contributed by atoms with Gasteiger partial charge in [0.05, 0.1) is 6.20 Å². The van der Waals surface area contributed by atoms with E-state index < -0.39 is 11.1 Å². The maximum Gasteiger partial charge on any atom is 1.00 e. The second kappa shape index (κ2) is 4.20. The number of hydrogen-bond donors (Lipinski definition) is 0. The van der Waals surface area contributed by atoms with Gasteiger partial charge in [-0.05, 0) is 11.1 Å². The van der Waals surface area contributed by atoms with Crippen LogP contribution in [0.3, 0.4) is 0 Å². The Hall–Kier alpha value is 0.250. The van der Waals surface area contributed by atoms with Crippen LogP contribution in [0.5, 0.6) is 0 Å². The molecule has 50 valence electrons. The molecule has 0 N–H and O–H groups in total. The topological polar surface area (TPSA) is 70.8 Å². The number of nitrogens with zero attached hydrogens (tertiary/aromatic N) is 3. The molecule has 0 aliphatic heterocycles. The zero-order chi connectivity index (χ0) is 6.85. The van der Waals surface area contributed by atoms with Gasteiger partial charge >= 0.3 is 29.6 Å². The molecule has 1 aromatic heterocycles. The molecule has 0 saturated carbocycles. The van der Waals surface area contributed by atoms with Crippen LogP contribution >= 0.6 is 0 Å². The number of aryl methyl sites for hydroxylation is 1. The Kier molecular flexibility index (Phi) is 4.30. The van der Waals surface area contributed by atoms with Gasteiger partial charge in [0, 0.05) is 7.05 Å². The summed E-state index contributed by atoms with van der Waals surface area (Å²) in [5, 5.41) is 6.87. The Bertz CT molecular complexity index is 237.